The fourth-order valence-electron chi connectivity index (χ4n) is 2.67. The van der Waals surface area contributed by atoms with Crippen LogP contribution in [0.2, 0.25) is 0 Å². The van der Waals surface area contributed by atoms with Crippen molar-refractivity contribution in [2.24, 2.45) is 0 Å². The maximum atomic E-state index is 12.6. The largest absolute Gasteiger partial charge is 0.482 e. The van der Waals surface area contributed by atoms with Crippen molar-refractivity contribution in [3.05, 3.63) is 18.2 Å². The van der Waals surface area contributed by atoms with Gasteiger partial charge in [0.25, 0.3) is 5.91 Å². The van der Waals surface area contributed by atoms with Gasteiger partial charge >= 0.3 is 0 Å². The molecule has 2 heterocycles. The van der Waals surface area contributed by atoms with Crippen LogP contribution in [0.25, 0.3) is 0 Å². The number of hydrogen-bond donors (Lipinski definition) is 0. The molecular weight excluding hydrogens is 292 g/mol. The van der Waals surface area contributed by atoms with Crippen LogP contribution in [0, 0.1) is 0 Å². The van der Waals surface area contributed by atoms with Gasteiger partial charge in [0.15, 0.2) is 6.61 Å². The predicted molar refractivity (Wildman–Crippen MR) is 78.0 cm³/mol. The molecule has 0 aromatic heterocycles. The normalized spacial score (nSPS) is 20.0. The first-order chi connectivity index (χ1) is 10.00. The molecule has 0 saturated carbocycles. The number of fused-ring (bicyclic) bond motifs is 1. The lowest BCUT2D eigenvalue weighted by atomic mass is 10.2. The molecule has 1 fully saturated rings. The van der Waals surface area contributed by atoms with Crippen molar-refractivity contribution >= 4 is 21.6 Å². The number of ether oxygens (including phenoxy) is 1. The van der Waals surface area contributed by atoms with Gasteiger partial charge in [-0.05, 0) is 31.0 Å². The molecule has 1 aromatic rings. The number of sulfonamides is 1. The number of nitrogens with zero attached hydrogens (tertiary/aromatic N) is 2. The number of likely N-dealkylation sites (N-methyl/N-ethyl adjacent to an activating group) is 1. The molecule has 1 aromatic carbocycles. The standard InChI is InChI=1S/C14H18N2O4S/c1-15-12-9-11(5-6-13(12)20-10-14(15)17)21(18,19)16-7-3-2-4-8-16/h5-6,9H,2-4,7-8,10H2,1H3. The first-order valence-electron chi connectivity index (χ1n) is 7.04. The van der Waals surface area contributed by atoms with Crippen molar-refractivity contribution in [3.63, 3.8) is 0 Å². The lowest BCUT2D eigenvalue weighted by Gasteiger charge is -2.28. The molecule has 1 amide bonds. The Hall–Kier alpha value is -1.60. The second-order valence-electron chi connectivity index (χ2n) is 5.34. The minimum absolute atomic E-state index is 0.0122. The third kappa shape index (κ3) is 2.51. The molecule has 2 aliphatic rings. The van der Waals surface area contributed by atoms with Gasteiger partial charge in [0.05, 0.1) is 10.6 Å². The van der Waals surface area contributed by atoms with Crippen molar-refractivity contribution in [1.82, 2.24) is 4.31 Å². The monoisotopic (exact) mass is 310 g/mol. The van der Waals surface area contributed by atoms with Crippen LogP contribution in [0.5, 0.6) is 5.75 Å². The maximum absolute atomic E-state index is 12.6. The summed E-state index contributed by atoms with van der Waals surface area (Å²) in [6.07, 6.45) is 2.86. The molecule has 0 radical (unpaired) electrons. The number of anilines is 1. The topological polar surface area (TPSA) is 66.9 Å². The highest BCUT2D eigenvalue weighted by Gasteiger charge is 2.29. The van der Waals surface area contributed by atoms with Crippen LogP contribution in [0.4, 0.5) is 5.69 Å². The van der Waals surface area contributed by atoms with Gasteiger partial charge in [0.1, 0.15) is 5.75 Å². The molecule has 7 heteroatoms. The van der Waals surface area contributed by atoms with Gasteiger partial charge in [0.2, 0.25) is 10.0 Å². The van der Waals surface area contributed by atoms with Crippen LogP contribution >= 0.6 is 0 Å². The fraction of sp³-hybridized carbons (Fsp3) is 0.500. The Morgan fingerprint density at radius 2 is 1.86 bits per heavy atom. The van der Waals surface area contributed by atoms with E-state index in [1.807, 2.05) is 0 Å². The van der Waals surface area contributed by atoms with E-state index < -0.39 is 10.0 Å². The second-order valence-corrected chi connectivity index (χ2v) is 7.27. The van der Waals surface area contributed by atoms with E-state index in [1.165, 1.54) is 15.3 Å². The Morgan fingerprint density at radius 1 is 1.14 bits per heavy atom. The third-order valence-corrected chi connectivity index (χ3v) is 5.86. The Balaban J connectivity index is 1.98. The Morgan fingerprint density at radius 3 is 2.57 bits per heavy atom. The highest BCUT2D eigenvalue weighted by Crippen LogP contribution is 2.34. The molecule has 114 valence electrons. The van der Waals surface area contributed by atoms with E-state index in [4.69, 9.17) is 4.74 Å². The number of benzene rings is 1. The average Bonchev–Trinajstić information content (AvgIpc) is 2.51. The van der Waals surface area contributed by atoms with E-state index in [-0.39, 0.29) is 17.4 Å². The van der Waals surface area contributed by atoms with E-state index in [9.17, 15) is 13.2 Å². The Kier molecular flexibility index (Phi) is 3.62. The van der Waals surface area contributed by atoms with Crippen molar-refractivity contribution in [3.8, 4) is 5.75 Å². The summed E-state index contributed by atoms with van der Waals surface area (Å²) in [5, 5.41) is 0. The highest BCUT2D eigenvalue weighted by molar-refractivity contribution is 7.89. The number of amides is 1. The summed E-state index contributed by atoms with van der Waals surface area (Å²) < 4.78 is 32.1. The number of hydrogen-bond acceptors (Lipinski definition) is 4. The van der Waals surface area contributed by atoms with E-state index in [0.29, 0.717) is 24.5 Å². The highest BCUT2D eigenvalue weighted by atomic mass is 32.2. The third-order valence-electron chi connectivity index (χ3n) is 3.97. The number of rotatable bonds is 2. The second kappa shape index (κ2) is 5.31. The molecule has 21 heavy (non-hydrogen) atoms. The van der Waals surface area contributed by atoms with Gasteiger partial charge in [0, 0.05) is 20.1 Å². The van der Waals surface area contributed by atoms with E-state index in [1.54, 1.807) is 19.2 Å². The van der Waals surface area contributed by atoms with Gasteiger partial charge in [-0.25, -0.2) is 8.42 Å². The summed E-state index contributed by atoms with van der Waals surface area (Å²) in [5.41, 5.74) is 0.504. The zero-order valence-electron chi connectivity index (χ0n) is 11.9. The molecule has 6 nitrogen and oxygen atoms in total. The lowest BCUT2D eigenvalue weighted by molar-refractivity contribution is -0.120. The molecule has 0 N–H and O–H groups in total. The van der Waals surface area contributed by atoms with Crippen molar-refractivity contribution < 1.29 is 17.9 Å². The average molecular weight is 310 g/mol. The van der Waals surface area contributed by atoms with E-state index >= 15 is 0 Å². The van der Waals surface area contributed by atoms with E-state index in [2.05, 4.69) is 0 Å². The molecule has 0 spiro atoms. The smallest absolute Gasteiger partial charge is 0.264 e. The Labute approximate surface area is 124 Å². The SMILES string of the molecule is CN1C(=O)COc2ccc(S(=O)(=O)N3CCCCC3)cc21. The van der Waals surface area contributed by atoms with Crippen LogP contribution in [0.3, 0.4) is 0 Å². The summed E-state index contributed by atoms with van der Waals surface area (Å²) >= 11 is 0. The van der Waals surface area contributed by atoms with Crippen LogP contribution in [-0.2, 0) is 14.8 Å². The fourth-order valence-corrected chi connectivity index (χ4v) is 4.20. The number of piperidine rings is 1. The van der Waals surface area contributed by atoms with E-state index in [0.717, 1.165) is 19.3 Å². The lowest BCUT2D eigenvalue weighted by Crippen LogP contribution is -2.37. The zero-order chi connectivity index (χ0) is 15.0. The molecule has 0 unspecified atom stereocenters. The summed E-state index contributed by atoms with van der Waals surface area (Å²) in [5.74, 6) is 0.352. The summed E-state index contributed by atoms with van der Waals surface area (Å²) in [4.78, 5) is 13.3. The van der Waals surface area contributed by atoms with Crippen LogP contribution < -0.4 is 9.64 Å². The first-order valence-corrected chi connectivity index (χ1v) is 8.48. The molecule has 0 bridgehead atoms. The summed E-state index contributed by atoms with van der Waals surface area (Å²) in [7, 11) is -1.87. The minimum Gasteiger partial charge on any atom is -0.482 e. The predicted octanol–water partition coefficient (Wildman–Crippen LogP) is 1.22. The molecule has 1 saturated heterocycles. The van der Waals surface area contributed by atoms with Crippen LogP contribution in [0.1, 0.15) is 19.3 Å². The van der Waals surface area contributed by atoms with Gasteiger partial charge in [-0.15, -0.1) is 0 Å². The Bertz CT molecular complexity index is 666. The quantitative estimate of drug-likeness (QED) is 0.823. The van der Waals surface area contributed by atoms with Crippen LogP contribution in [0.15, 0.2) is 23.1 Å². The number of carbonyl (C=O) groups excluding carboxylic acids is 1. The maximum Gasteiger partial charge on any atom is 0.264 e. The molecule has 2 aliphatic heterocycles. The first kappa shape index (κ1) is 14.3. The summed E-state index contributed by atoms with van der Waals surface area (Å²) in [6, 6.07) is 4.69. The van der Waals surface area contributed by atoms with Gasteiger partial charge in [-0.2, -0.15) is 4.31 Å². The van der Waals surface area contributed by atoms with Gasteiger partial charge in [-0.3, -0.25) is 4.79 Å². The van der Waals surface area contributed by atoms with Gasteiger partial charge in [-0.1, -0.05) is 6.42 Å². The molecular formula is C14H18N2O4S. The minimum atomic E-state index is -3.50. The number of carbonyl (C=O) groups is 1. The van der Waals surface area contributed by atoms with Crippen molar-refractivity contribution in [2.45, 2.75) is 24.2 Å². The molecule has 0 atom stereocenters. The van der Waals surface area contributed by atoms with Gasteiger partial charge < -0.3 is 9.64 Å². The van der Waals surface area contributed by atoms with Crippen molar-refractivity contribution in [1.29, 1.82) is 0 Å². The van der Waals surface area contributed by atoms with Crippen molar-refractivity contribution in [2.75, 3.05) is 31.6 Å². The summed E-state index contributed by atoms with van der Waals surface area (Å²) in [6.45, 7) is 1.11. The zero-order valence-corrected chi connectivity index (χ0v) is 12.7. The molecule has 3 rings (SSSR count). The van der Waals surface area contributed by atoms with Crippen LogP contribution in [-0.4, -0.2) is 45.4 Å². The molecule has 0 aliphatic carbocycles.